The second kappa shape index (κ2) is 6.16. The fourth-order valence-corrected chi connectivity index (χ4v) is 3.16. The average Bonchev–Trinajstić information content (AvgIpc) is 3.08. The van der Waals surface area contributed by atoms with Crippen LogP contribution in [0.5, 0.6) is 0 Å². The normalized spacial score (nSPS) is 18.9. The molecule has 0 unspecified atom stereocenters. The van der Waals surface area contributed by atoms with E-state index in [0.717, 1.165) is 42.1 Å². The molecular weight excluding hydrogens is 294 g/mol. The highest BCUT2D eigenvalue weighted by Gasteiger charge is 2.33. The number of hydrogen-bond acceptors (Lipinski definition) is 5. The van der Waals surface area contributed by atoms with Crippen LogP contribution in [0, 0.1) is 13.8 Å². The third-order valence-electron chi connectivity index (χ3n) is 4.53. The van der Waals surface area contributed by atoms with Gasteiger partial charge in [-0.3, -0.25) is 14.4 Å². The molecule has 3 rings (SSSR count). The number of amides is 1. The number of piperidine rings is 1. The lowest BCUT2D eigenvalue weighted by atomic mass is 10.0. The Morgan fingerprint density at radius 3 is 2.83 bits per heavy atom. The van der Waals surface area contributed by atoms with Gasteiger partial charge in [0.25, 0.3) is 0 Å². The number of rotatable bonds is 4. The molecule has 0 N–H and O–H groups in total. The van der Waals surface area contributed by atoms with Crippen LogP contribution < -0.4 is 4.90 Å². The Hall–Kier alpha value is -2.15. The topological polar surface area (TPSA) is 67.4 Å². The Kier molecular flexibility index (Phi) is 4.21. The van der Waals surface area contributed by atoms with Crippen molar-refractivity contribution < 1.29 is 9.32 Å². The summed E-state index contributed by atoms with van der Waals surface area (Å²) in [5.41, 5.74) is 2.83. The van der Waals surface area contributed by atoms with Gasteiger partial charge in [-0.1, -0.05) is 5.16 Å². The van der Waals surface area contributed by atoms with Gasteiger partial charge in [-0.15, -0.1) is 0 Å². The Morgan fingerprint density at radius 1 is 1.43 bits per heavy atom. The zero-order valence-corrected chi connectivity index (χ0v) is 14.1. The van der Waals surface area contributed by atoms with E-state index >= 15 is 0 Å². The third kappa shape index (κ3) is 3.01. The largest absolute Gasteiger partial charge is 0.361 e. The molecule has 1 aliphatic rings. The molecule has 0 saturated carbocycles. The van der Waals surface area contributed by atoms with Crippen LogP contribution in [-0.4, -0.2) is 45.4 Å². The number of carbonyl (C=O) groups excluding carboxylic acids is 1. The first-order valence-electron chi connectivity index (χ1n) is 7.89. The van der Waals surface area contributed by atoms with E-state index in [4.69, 9.17) is 4.52 Å². The number of anilines is 1. The van der Waals surface area contributed by atoms with Crippen molar-refractivity contribution in [3.05, 3.63) is 29.4 Å². The van der Waals surface area contributed by atoms with Crippen LogP contribution in [0.4, 0.5) is 5.69 Å². The molecule has 1 amide bonds. The number of nitrogens with zero attached hydrogens (tertiary/aromatic N) is 5. The van der Waals surface area contributed by atoms with Crippen LogP contribution in [0.15, 0.2) is 16.9 Å². The lowest BCUT2D eigenvalue weighted by Gasteiger charge is -2.36. The van der Waals surface area contributed by atoms with Gasteiger partial charge in [-0.2, -0.15) is 5.10 Å². The quantitative estimate of drug-likeness (QED) is 0.858. The van der Waals surface area contributed by atoms with Crippen molar-refractivity contribution in [2.75, 3.05) is 18.5 Å². The predicted octanol–water partition coefficient (Wildman–Crippen LogP) is 1.65. The minimum Gasteiger partial charge on any atom is -0.361 e. The molecule has 23 heavy (non-hydrogen) atoms. The van der Waals surface area contributed by atoms with Gasteiger partial charge < -0.3 is 9.42 Å². The highest BCUT2D eigenvalue weighted by Crippen LogP contribution is 2.24. The van der Waals surface area contributed by atoms with Crippen molar-refractivity contribution >= 4 is 11.6 Å². The summed E-state index contributed by atoms with van der Waals surface area (Å²) in [6.07, 6.45) is 5.48. The summed E-state index contributed by atoms with van der Waals surface area (Å²) < 4.78 is 6.94. The summed E-state index contributed by atoms with van der Waals surface area (Å²) in [4.78, 5) is 16.8. The lowest BCUT2D eigenvalue weighted by molar-refractivity contribution is -0.125. The summed E-state index contributed by atoms with van der Waals surface area (Å²) in [5, 5.41) is 8.16. The van der Waals surface area contributed by atoms with Gasteiger partial charge in [-0.25, -0.2) is 0 Å². The van der Waals surface area contributed by atoms with Gasteiger partial charge in [0.15, 0.2) is 0 Å². The molecule has 3 heterocycles. The van der Waals surface area contributed by atoms with Gasteiger partial charge >= 0.3 is 0 Å². The fourth-order valence-electron chi connectivity index (χ4n) is 3.16. The molecule has 0 aromatic carbocycles. The van der Waals surface area contributed by atoms with Crippen LogP contribution in [-0.2, 0) is 18.4 Å². The van der Waals surface area contributed by atoms with Crippen molar-refractivity contribution in [2.45, 2.75) is 39.3 Å². The molecule has 7 heteroatoms. The van der Waals surface area contributed by atoms with Crippen LogP contribution >= 0.6 is 0 Å². The summed E-state index contributed by atoms with van der Waals surface area (Å²) in [7, 11) is 3.85. The maximum atomic E-state index is 12.9. The van der Waals surface area contributed by atoms with E-state index < -0.39 is 0 Å². The molecule has 1 saturated heterocycles. The van der Waals surface area contributed by atoms with Gasteiger partial charge in [0, 0.05) is 31.9 Å². The van der Waals surface area contributed by atoms with Crippen LogP contribution in [0.1, 0.15) is 29.9 Å². The minimum absolute atomic E-state index is 0.127. The molecule has 0 aliphatic carbocycles. The van der Waals surface area contributed by atoms with E-state index in [1.165, 1.54) is 0 Å². The number of aromatic nitrogens is 3. The van der Waals surface area contributed by atoms with E-state index in [2.05, 4.69) is 15.2 Å². The van der Waals surface area contributed by atoms with Gasteiger partial charge in [0.1, 0.15) is 5.76 Å². The van der Waals surface area contributed by atoms with E-state index in [1.807, 2.05) is 39.0 Å². The molecule has 2 aromatic heterocycles. The predicted molar refractivity (Wildman–Crippen MR) is 86.0 cm³/mol. The van der Waals surface area contributed by atoms with Crippen LogP contribution in [0.25, 0.3) is 0 Å². The first kappa shape index (κ1) is 15.7. The molecule has 0 bridgehead atoms. The molecule has 2 aromatic rings. The number of aryl methyl sites for hydroxylation is 3. The zero-order chi connectivity index (χ0) is 16.6. The molecule has 7 nitrogen and oxygen atoms in total. The second-order valence-corrected chi connectivity index (χ2v) is 6.24. The zero-order valence-electron chi connectivity index (χ0n) is 14.1. The van der Waals surface area contributed by atoms with Crippen molar-refractivity contribution in [3.8, 4) is 0 Å². The molecular formula is C16H23N5O2. The Labute approximate surface area is 135 Å². The smallest absolute Gasteiger partial charge is 0.244 e. The monoisotopic (exact) mass is 317 g/mol. The average molecular weight is 317 g/mol. The molecule has 124 valence electrons. The molecule has 1 atom stereocenters. The van der Waals surface area contributed by atoms with E-state index in [0.29, 0.717) is 6.54 Å². The van der Waals surface area contributed by atoms with Gasteiger partial charge in [-0.05, 0) is 33.7 Å². The highest BCUT2D eigenvalue weighted by atomic mass is 16.5. The van der Waals surface area contributed by atoms with E-state index in [1.54, 1.807) is 10.9 Å². The maximum Gasteiger partial charge on any atom is 0.244 e. The summed E-state index contributed by atoms with van der Waals surface area (Å²) in [6, 6.07) is -0.127. The number of likely N-dealkylation sites (N-methyl/N-ethyl adjacent to an activating group) is 1. The minimum atomic E-state index is -0.127. The number of hydrogen-bond donors (Lipinski definition) is 0. The second-order valence-electron chi connectivity index (χ2n) is 6.24. The molecule has 1 fully saturated rings. The Bertz CT molecular complexity index is 686. The Balaban J connectivity index is 1.75. The SMILES string of the molecule is Cc1noc(C)c1CN(C)[C@H]1CCCN(c2cnn(C)c2)C1=O. The first-order chi connectivity index (χ1) is 11.0. The first-order valence-corrected chi connectivity index (χ1v) is 7.89. The van der Waals surface area contributed by atoms with Crippen molar-refractivity contribution in [3.63, 3.8) is 0 Å². The summed E-state index contributed by atoms with van der Waals surface area (Å²) in [5.74, 6) is 0.959. The molecule has 0 radical (unpaired) electrons. The van der Waals surface area contributed by atoms with Crippen molar-refractivity contribution in [1.82, 2.24) is 19.8 Å². The van der Waals surface area contributed by atoms with Gasteiger partial charge in [0.05, 0.1) is 23.6 Å². The van der Waals surface area contributed by atoms with E-state index in [9.17, 15) is 4.79 Å². The number of carbonyl (C=O) groups is 1. The van der Waals surface area contributed by atoms with Crippen LogP contribution in [0.3, 0.4) is 0 Å². The summed E-state index contributed by atoms with van der Waals surface area (Å²) >= 11 is 0. The van der Waals surface area contributed by atoms with Gasteiger partial charge in [0.2, 0.25) is 5.91 Å². The Morgan fingerprint density at radius 2 is 2.22 bits per heavy atom. The lowest BCUT2D eigenvalue weighted by Crippen LogP contribution is -2.51. The van der Waals surface area contributed by atoms with E-state index in [-0.39, 0.29) is 11.9 Å². The molecule has 0 spiro atoms. The molecule has 1 aliphatic heterocycles. The fraction of sp³-hybridized carbons (Fsp3) is 0.562. The summed E-state index contributed by atoms with van der Waals surface area (Å²) in [6.45, 7) is 5.26. The standard InChI is InChI=1S/C16H23N5O2/c1-11-14(12(2)23-18-11)10-19(3)15-6-5-7-21(16(15)22)13-8-17-20(4)9-13/h8-9,15H,5-7,10H2,1-4H3/t15-/m0/s1. The maximum absolute atomic E-state index is 12.9. The van der Waals surface area contributed by atoms with Crippen molar-refractivity contribution in [2.24, 2.45) is 7.05 Å². The third-order valence-corrected chi connectivity index (χ3v) is 4.53. The highest BCUT2D eigenvalue weighted by molar-refractivity contribution is 5.97. The van der Waals surface area contributed by atoms with Crippen molar-refractivity contribution in [1.29, 1.82) is 0 Å². The van der Waals surface area contributed by atoms with Crippen LogP contribution in [0.2, 0.25) is 0 Å².